The number of carbonyl (C=O) groups excluding carboxylic acids is 3. The van der Waals surface area contributed by atoms with Gasteiger partial charge < -0.3 is 4.57 Å². The summed E-state index contributed by atoms with van der Waals surface area (Å²) in [4.78, 5) is 42.9. The fourth-order valence-electron chi connectivity index (χ4n) is 3.37. The van der Waals surface area contributed by atoms with Crippen LogP contribution in [0.2, 0.25) is 0 Å². The van der Waals surface area contributed by atoms with Crippen molar-refractivity contribution in [1.29, 1.82) is 0 Å². The van der Waals surface area contributed by atoms with Gasteiger partial charge >= 0.3 is 0 Å². The summed E-state index contributed by atoms with van der Waals surface area (Å²) in [5, 5.41) is 0. The molecule has 0 saturated carbocycles. The zero-order valence-corrected chi connectivity index (χ0v) is 16.7. The van der Waals surface area contributed by atoms with Gasteiger partial charge in [-0.3, -0.25) is 19.3 Å². The first-order chi connectivity index (χ1) is 14.0. The molecule has 1 saturated heterocycles. The van der Waals surface area contributed by atoms with Crippen LogP contribution in [0.15, 0.2) is 60.1 Å². The molecule has 29 heavy (non-hydrogen) atoms. The molecule has 1 fully saturated rings. The zero-order valence-electron chi connectivity index (χ0n) is 15.9. The summed E-state index contributed by atoms with van der Waals surface area (Å²) in [5.74, 6) is -0.924. The molecule has 0 radical (unpaired) electrons. The number of rotatable bonds is 4. The van der Waals surface area contributed by atoms with E-state index in [1.54, 1.807) is 30.3 Å². The lowest BCUT2D eigenvalue weighted by atomic mass is 10.2. The molecule has 6 nitrogen and oxygen atoms in total. The number of hydrogen-bond acceptors (Lipinski definition) is 4. The number of anilines is 1. The Morgan fingerprint density at radius 2 is 1.93 bits per heavy atom. The van der Waals surface area contributed by atoms with E-state index in [0.717, 1.165) is 20.7 Å². The first kappa shape index (κ1) is 19.0. The summed E-state index contributed by atoms with van der Waals surface area (Å²) in [6.45, 7) is 6.35. The van der Waals surface area contributed by atoms with Crippen molar-refractivity contribution >= 4 is 45.0 Å². The van der Waals surface area contributed by atoms with Gasteiger partial charge in [0.1, 0.15) is 0 Å². The average Bonchev–Trinajstić information content (AvgIpc) is 3.21. The third-order valence-electron chi connectivity index (χ3n) is 4.75. The van der Waals surface area contributed by atoms with Crippen LogP contribution in [-0.4, -0.2) is 22.3 Å². The number of imide groups is 1. The van der Waals surface area contributed by atoms with E-state index >= 15 is 0 Å². The lowest BCUT2D eigenvalue weighted by Crippen LogP contribution is -2.28. The highest BCUT2D eigenvalue weighted by molar-refractivity contribution is 7.16. The van der Waals surface area contributed by atoms with Crippen molar-refractivity contribution in [2.75, 3.05) is 4.90 Å². The van der Waals surface area contributed by atoms with Gasteiger partial charge in [0.2, 0.25) is 11.8 Å². The Morgan fingerprint density at radius 3 is 2.66 bits per heavy atom. The predicted molar refractivity (Wildman–Crippen MR) is 113 cm³/mol. The number of hydrogen-bond donors (Lipinski definition) is 0. The molecule has 2 heterocycles. The standard InChI is InChI=1S/C22H19N3O3S/c1-3-11-24-17-8-7-14(2)12-18(17)29-22(24)23-21(28)15-5-4-6-16(13-15)25-19(26)9-10-20(25)27/h3-8,12-13H,1,9-11H2,2H3. The second kappa shape index (κ2) is 7.60. The van der Waals surface area contributed by atoms with Crippen molar-refractivity contribution in [2.24, 2.45) is 4.99 Å². The fourth-order valence-corrected chi connectivity index (χ4v) is 4.50. The molecular weight excluding hydrogens is 386 g/mol. The molecular formula is C22H19N3O3S. The first-order valence-corrected chi connectivity index (χ1v) is 10.1. The number of benzene rings is 2. The van der Waals surface area contributed by atoms with E-state index in [9.17, 15) is 14.4 Å². The topological polar surface area (TPSA) is 71.7 Å². The molecule has 0 spiro atoms. The highest BCUT2D eigenvalue weighted by Gasteiger charge is 2.30. The summed E-state index contributed by atoms with van der Waals surface area (Å²) >= 11 is 1.44. The van der Waals surface area contributed by atoms with Crippen molar-refractivity contribution in [2.45, 2.75) is 26.3 Å². The normalized spacial score (nSPS) is 14.8. The summed E-state index contributed by atoms with van der Waals surface area (Å²) < 4.78 is 2.99. The Bertz CT molecular complexity index is 1220. The molecule has 0 bridgehead atoms. The van der Waals surface area contributed by atoms with Crippen molar-refractivity contribution in [3.05, 3.63) is 71.0 Å². The number of nitrogens with zero attached hydrogens (tertiary/aromatic N) is 3. The SMILES string of the molecule is C=CCn1c(=NC(=O)c2cccc(N3C(=O)CCC3=O)c2)sc2cc(C)ccc21. The molecule has 1 aliphatic heterocycles. The number of aromatic nitrogens is 1. The lowest BCUT2D eigenvalue weighted by Gasteiger charge is -2.14. The minimum absolute atomic E-state index is 0.199. The molecule has 0 aliphatic carbocycles. The molecule has 7 heteroatoms. The van der Waals surface area contributed by atoms with Gasteiger partial charge in [0.05, 0.1) is 15.9 Å². The van der Waals surface area contributed by atoms with Gasteiger partial charge in [0.25, 0.3) is 5.91 Å². The van der Waals surface area contributed by atoms with Crippen LogP contribution in [-0.2, 0) is 16.1 Å². The monoisotopic (exact) mass is 405 g/mol. The van der Waals surface area contributed by atoms with E-state index in [-0.39, 0.29) is 24.7 Å². The fraction of sp³-hybridized carbons (Fsp3) is 0.182. The maximum atomic E-state index is 12.9. The zero-order chi connectivity index (χ0) is 20.5. The maximum Gasteiger partial charge on any atom is 0.279 e. The minimum atomic E-state index is -0.424. The van der Waals surface area contributed by atoms with Gasteiger partial charge in [-0.1, -0.05) is 29.5 Å². The van der Waals surface area contributed by atoms with E-state index in [4.69, 9.17) is 0 Å². The van der Waals surface area contributed by atoms with Crippen LogP contribution in [0.1, 0.15) is 28.8 Å². The largest absolute Gasteiger partial charge is 0.312 e. The van der Waals surface area contributed by atoms with Crippen molar-refractivity contribution in [1.82, 2.24) is 4.57 Å². The van der Waals surface area contributed by atoms with Crippen molar-refractivity contribution < 1.29 is 14.4 Å². The van der Waals surface area contributed by atoms with Crippen LogP contribution < -0.4 is 9.70 Å². The van der Waals surface area contributed by atoms with Crippen LogP contribution in [0, 0.1) is 6.92 Å². The van der Waals surface area contributed by atoms with Crippen LogP contribution in [0.25, 0.3) is 10.2 Å². The van der Waals surface area contributed by atoms with Gasteiger partial charge in [-0.2, -0.15) is 4.99 Å². The van der Waals surface area contributed by atoms with Crippen molar-refractivity contribution in [3.63, 3.8) is 0 Å². The van der Waals surface area contributed by atoms with Gasteiger partial charge in [-0.15, -0.1) is 6.58 Å². The summed E-state index contributed by atoms with van der Waals surface area (Å²) in [7, 11) is 0. The van der Waals surface area contributed by atoms with Crippen LogP contribution in [0.3, 0.4) is 0 Å². The Balaban J connectivity index is 1.76. The number of fused-ring (bicyclic) bond motifs is 1. The van der Waals surface area contributed by atoms with Gasteiger partial charge in [0, 0.05) is 24.9 Å². The molecule has 3 aromatic rings. The van der Waals surface area contributed by atoms with Crippen LogP contribution in [0.4, 0.5) is 5.69 Å². The molecule has 2 aromatic carbocycles. The highest BCUT2D eigenvalue weighted by Crippen LogP contribution is 2.24. The smallest absolute Gasteiger partial charge is 0.279 e. The minimum Gasteiger partial charge on any atom is -0.312 e. The number of aryl methyl sites for hydroxylation is 1. The molecule has 1 aromatic heterocycles. The molecule has 3 amide bonds. The third-order valence-corrected chi connectivity index (χ3v) is 5.79. The number of carbonyl (C=O) groups is 3. The Hall–Kier alpha value is -3.32. The van der Waals surface area contributed by atoms with Gasteiger partial charge in [0.15, 0.2) is 4.80 Å². The first-order valence-electron chi connectivity index (χ1n) is 9.24. The maximum absolute atomic E-state index is 12.9. The lowest BCUT2D eigenvalue weighted by molar-refractivity contribution is -0.121. The van der Waals surface area contributed by atoms with E-state index in [2.05, 4.69) is 17.6 Å². The summed E-state index contributed by atoms with van der Waals surface area (Å²) in [6, 6.07) is 12.6. The molecule has 0 unspecified atom stereocenters. The van der Waals surface area contributed by atoms with E-state index in [0.29, 0.717) is 22.6 Å². The molecule has 4 rings (SSSR count). The number of amides is 3. The highest BCUT2D eigenvalue weighted by atomic mass is 32.1. The number of allylic oxidation sites excluding steroid dienone is 1. The molecule has 0 atom stereocenters. The average molecular weight is 405 g/mol. The summed E-state index contributed by atoms with van der Waals surface area (Å²) in [6.07, 6.45) is 2.16. The quantitative estimate of drug-likeness (QED) is 0.492. The third kappa shape index (κ3) is 3.56. The van der Waals surface area contributed by atoms with Gasteiger partial charge in [-0.25, -0.2) is 0 Å². The van der Waals surface area contributed by atoms with Gasteiger partial charge in [-0.05, 0) is 42.8 Å². The Kier molecular flexibility index (Phi) is 4.98. The Morgan fingerprint density at radius 1 is 1.17 bits per heavy atom. The van der Waals surface area contributed by atoms with E-state index in [1.807, 2.05) is 23.6 Å². The van der Waals surface area contributed by atoms with Crippen LogP contribution in [0.5, 0.6) is 0 Å². The number of thiazole rings is 1. The Labute approximate surface area is 171 Å². The second-order valence-corrected chi connectivity index (χ2v) is 7.85. The van der Waals surface area contributed by atoms with Crippen LogP contribution >= 0.6 is 11.3 Å². The second-order valence-electron chi connectivity index (χ2n) is 6.85. The predicted octanol–water partition coefficient (Wildman–Crippen LogP) is 3.59. The van der Waals surface area contributed by atoms with E-state index < -0.39 is 5.91 Å². The molecule has 0 N–H and O–H groups in total. The summed E-state index contributed by atoms with van der Waals surface area (Å²) in [5.41, 5.74) is 2.86. The molecule has 146 valence electrons. The van der Waals surface area contributed by atoms with Crippen molar-refractivity contribution in [3.8, 4) is 0 Å². The van der Waals surface area contributed by atoms with E-state index in [1.165, 1.54) is 11.3 Å². The molecule has 1 aliphatic rings.